The number of benzene rings is 1. The molecular weight excluding hydrogens is 326 g/mol. The van der Waals surface area contributed by atoms with Gasteiger partial charge in [0.15, 0.2) is 0 Å². The van der Waals surface area contributed by atoms with Gasteiger partial charge in [0.25, 0.3) is 11.7 Å². The SMILES string of the molecule is C#Cc1ccc(C(=O)N2CCCC(c3cc(C)nc4ncnn34)C2)cc1. The molecule has 1 atom stereocenters. The Hall–Kier alpha value is -3.20. The molecule has 1 unspecified atom stereocenters. The first-order valence-electron chi connectivity index (χ1n) is 8.69. The topological polar surface area (TPSA) is 63.4 Å². The molecule has 0 saturated carbocycles. The van der Waals surface area contributed by atoms with E-state index in [1.165, 1.54) is 6.33 Å². The highest BCUT2D eigenvalue weighted by molar-refractivity contribution is 5.94. The number of likely N-dealkylation sites (tertiary alicyclic amines) is 1. The second kappa shape index (κ2) is 6.60. The van der Waals surface area contributed by atoms with Crippen LogP contribution in [0.3, 0.4) is 0 Å². The summed E-state index contributed by atoms with van der Waals surface area (Å²) in [5, 5.41) is 4.30. The number of carbonyl (C=O) groups excluding carboxylic acids is 1. The Morgan fingerprint density at radius 2 is 2.12 bits per heavy atom. The third-order valence-corrected chi connectivity index (χ3v) is 4.83. The zero-order valence-electron chi connectivity index (χ0n) is 14.6. The molecule has 0 N–H and O–H groups in total. The maximum atomic E-state index is 12.9. The molecule has 1 aliphatic heterocycles. The van der Waals surface area contributed by atoms with E-state index in [2.05, 4.69) is 21.0 Å². The molecule has 1 saturated heterocycles. The molecule has 6 nitrogen and oxygen atoms in total. The highest BCUT2D eigenvalue weighted by atomic mass is 16.2. The summed E-state index contributed by atoms with van der Waals surface area (Å²) < 4.78 is 1.79. The van der Waals surface area contributed by atoms with Crippen molar-refractivity contribution in [2.24, 2.45) is 0 Å². The van der Waals surface area contributed by atoms with E-state index >= 15 is 0 Å². The van der Waals surface area contributed by atoms with Crippen molar-refractivity contribution in [3.63, 3.8) is 0 Å². The van der Waals surface area contributed by atoms with Crippen LogP contribution in [0.4, 0.5) is 0 Å². The normalized spacial score (nSPS) is 17.2. The molecule has 1 amide bonds. The van der Waals surface area contributed by atoms with Crippen molar-refractivity contribution < 1.29 is 4.79 Å². The summed E-state index contributed by atoms with van der Waals surface area (Å²) in [5.74, 6) is 3.43. The molecule has 1 aromatic carbocycles. The van der Waals surface area contributed by atoms with Crippen molar-refractivity contribution in [2.75, 3.05) is 13.1 Å². The molecule has 0 radical (unpaired) electrons. The average Bonchev–Trinajstić information content (AvgIpc) is 3.15. The summed E-state index contributed by atoms with van der Waals surface area (Å²) in [6.45, 7) is 3.38. The molecule has 0 bridgehead atoms. The van der Waals surface area contributed by atoms with Crippen molar-refractivity contribution in [1.82, 2.24) is 24.5 Å². The van der Waals surface area contributed by atoms with Crippen molar-refractivity contribution in [2.45, 2.75) is 25.7 Å². The van der Waals surface area contributed by atoms with Gasteiger partial charge in [-0.2, -0.15) is 10.1 Å². The summed E-state index contributed by atoms with van der Waals surface area (Å²) in [7, 11) is 0. The summed E-state index contributed by atoms with van der Waals surface area (Å²) >= 11 is 0. The maximum absolute atomic E-state index is 12.9. The molecule has 130 valence electrons. The Balaban J connectivity index is 1.59. The van der Waals surface area contributed by atoms with Gasteiger partial charge in [-0.3, -0.25) is 4.79 Å². The number of hydrogen-bond acceptors (Lipinski definition) is 4. The number of amides is 1. The van der Waals surface area contributed by atoms with Crippen LogP contribution in [0.25, 0.3) is 5.78 Å². The van der Waals surface area contributed by atoms with Gasteiger partial charge in [0.1, 0.15) is 6.33 Å². The summed E-state index contributed by atoms with van der Waals surface area (Å²) in [6, 6.07) is 9.25. The van der Waals surface area contributed by atoms with Crippen LogP contribution in [0.1, 0.15) is 46.1 Å². The van der Waals surface area contributed by atoms with Gasteiger partial charge in [-0.25, -0.2) is 9.50 Å². The second-order valence-corrected chi connectivity index (χ2v) is 6.61. The van der Waals surface area contributed by atoms with Crippen molar-refractivity contribution >= 4 is 11.7 Å². The zero-order chi connectivity index (χ0) is 18.1. The third-order valence-electron chi connectivity index (χ3n) is 4.83. The maximum Gasteiger partial charge on any atom is 0.253 e. The molecule has 4 rings (SSSR count). The van der Waals surface area contributed by atoms with E-state index in [1.54, 1.807) is 28.8 Å². The van der Waals surface area contributed by atoms with Crippen molar-refractivity contribution in [3.8, 4) is 12.3 Å². The third kappa shape index (κ3) is 2.93. The van der Waals surface area contributed by atoms with E-state index in [1.807, 2.05) is 17.9 Å². The summed E-state index contributed by atoms with van der Waals surface area (Å²) in [6.07, 6.45) is 8.87. The van der Waals surface area contributed by atoms with E-state index in [0.717, 1.165) is 36.3 Å². The average molecular weight is 345 g/mol. The molecular formula is C20H19N5O. The van der Waals surface area contributed by atoms with Gasteiger partial charge >= 0.3 is 0 Å². The van der Waals surface area contributed by atoms with E-state index in [0.29, 0.717) is 17.9 Å². The monoisotopic (exact) mass is 345 g/mol. The lowest BCUT2D eigenvalue weighted by Crippen LogP contribution is -2.39. The minimum absolute atomic E-state index is 0.0406. The molecule has 0 aliphatic carbocycles. The predicted molar refractivity (Wildman–Crippen MR) is 97.8 cm³/mol. The predicted octanol–water partition coefficient (Wildman–Crippen LogP) is 2.43. The Labute approximate surface area is 151 Å². The highest BCUT2D eigenvalue weighted by Crippen LogP contribution is 2.28. The fraction of sp³-hybridized carbons (Fsp3) is 0.300. The van der Waals surface area contributed by atoms with Crippen LogP contribution in [0.2, 0.25) is 0 Å². The molecule has 0 spiro atoms. The van der Waals surface area contributed by atoms with Crippen molar-refractivity contribution in [3.05, 3.63) is 59.2 Å². The molecule has 1 aliphatic rings. The standard InChI is InChI=1S/C20H19N5O/c1-3-15-6-8-16(9-7-15)19(26)24-10-4-5-17(12-24)18-11-14(2)23-20-21-13-22-25(18)20/h1,6-9,11,13,17H,4-5,10,12H2,2H3. The quantitative estimate of drug-likeness (QED) is 0.669. The lowest BCUT2D eigenvalue weighted by Gasteiger charge is -2.33. The molecule has 1 fully saturated rings. The molecule has 6 heteroatoms. The number of hydrogen-bond donors (Lipinski definition) is 0. The Kier molecular flexibility index (Phi) is 4.13. The minimum atomic E-state index is 0.0406. The van der Waals surface area contributed by atoms with E-state index in [9.17, 15) is 4.79 Å². The van der Waals surface area contributed by atoms with Gasteiger partial charge < -0.3 is 4.90 Å². The van der Waals surface area contributed by atoms with Gasteiger partial charge in [-0.1, -0.05) is 5.92 Å². The van der Waals surface area contributed by atoms with Crippen LogP contribution in [0, 0.1) is 19.3 Å². The number of piperidine rings is 1. The first-order chi connectivity index (χ1) is 12.7. The van der Waals surface area contributed by atoms with Gasteiger partial charge in [0.05, 0.1) is 5.69 Å². The Morgan fingerprint density at radius 1 is 1.31 bits per heavy atom. The fourth-order valence-corrected chi connectivity index (χ4v) is 3.54. The Morgan fingerprint density at radius 3 is 2.88 bits per heavy atom. The smallest absolute Gasteiger partial charge is 0.253 e. The van der Waals surface area contributed by atoms with Crippen LogP contribution in [0.5, 0.6) is 0 Å². The van der Waals surface area contributed by atoms with Crippen LogP contribution >= 0.6 is 0 Å². The van der Waals surface area contributed by atoms with Crippen LogP contribution < -0.4 is 0 Å². The van der Waals surface area contributed by atoms with Crippen LogP contribution in [-0.2, 0) is 0 Å². The van der Waals surface area contributed by atoms with E-state index in [4.69, 9.17) is 6.42 Å². The number of nitrogens with zero attached hydrogens (tertiary/aromatic N) is 5. The fourth-order valence-electron chi connectivity index (χ4n) is 3.54. The van der Waals surface area contributed by atoms with Crippen LogP contribution in [-0.4, -0.2) is 43.5 Å². The molecule has 26 heavy (non-hydrogen) atoms. The van der Waals surface area contributed by atoms with E-state index in [-0.39, 0.29) is 11.8 Å². The largest absolute Gasteiger partial charge is 0.338 e. The molecule has 3 heterocycles. The number of fused-ring (bicyclic) bond motifs is 1. The van der Waals surface area contributed by atoms with Gasteiger partial charge in [-0.05, 0) is 50.1 Å². The number of aromatic nitrogens is 4. The summed E-state index contributed by atoms with van der Waals surface area (Å²) in [5.41, 5.74) is 3.42. The van der Waals surface area contributed by atoms with Gasteiger partial charge in [0, 0.05) is 35.8 Å². The molecule has 2 aromatic heterocycles. The lowest BCUT2D eigenvalue weighted by atomic mass is 9.93. The molecule has 3 aromatic rings. The van der Waals surface area contributed by atoms with Gasteiger partial charge in [-0.15, -0.1) is 6.42 Å². The number of terminal acetylenes is 1. The zero-order valence-corrected chi connectivity index (χ0v) is 14.6. The second-order valence-electron chi connectivity index (χ2n) is 6.61. The first kappa shape index (κ1) is 16.3. The Bertz CT molecular complexity index is 999. The van der Waals surface area contributed by atoms with Gasteiger partial charge in [0.2, 0.25) is 0 Å². The van der Waals surface area contributed by atoms with Crippen LogP contribution in [0.15, 0.2) is 36.7 Å². The van der Waals surface area contributed by atoms with E-state index < -0.39 is 0 Å². The number of carbonyl (C=O) groups is 1. The highest BCUT2D eigenvalue weighted by Gasteiger charge is 2.27. The summed E-state index contributed by atoms with van der Waals surface area (Å²) in [4.78, 5) is 23.4. The first-order valence-corrected chi connectivity index (χ1v) is 8.69. The minimum Gasteiger partial charge on any atom is -0.338 e. The van der Waals surface area contributed by atoms with Crippen molar-refractivity contribution in [1.29, 1.82) is 0 Å². The number of aryl methyl sites for hydroxylation is 1. The lowest BCUT2D eigenvalue weighted by molar-refractivity contribution is 0.0705. The number of rotatable bonds is 2.